The van der Waals surface area contributed by atoms with Crippen LogP contribution in [0.3, 0.4) is 0 Å². The molecule has 6 nitrogen and oxygen atoms in total. The van der Waals surface area contributed by atoms with E-state index < -0.39 is 0 Å². The quantitative estimate of drug-likeness (QED) is 0.550. The Hall–Kier alpha value is -1.79. The van der Waals surface area contributed by atoms with Crippen molar-refractivity contribution in [1.29, 1.82) is 0 Å². The van der Waals surface area contributed by atoms with Gasteiger partial charge in [-0.2, -0.15) is 0 Å². The minimum absolute atomic E-state index is 0.0000778. The highest BCUT2D eigenvalue weighted by Gasteiger charge is 2.20. The van der Waals surface area contributed by atoms with Crippen LogP contribution in [0.5, 0.6) is 0 Å². The zero-order chi connectivity index (χ0) is 19.6. The van der Waals surface area contributed by atoms with Crippen molar-refractivity contribution < 1.29 is 4.79 Å². The zero-order valence-corrected chi connectivity index (χ0v) is 17.4. The molecule has 0 radical (unpaired) electrons. The number of aliphatic imine (C=N–C) groups is 1. The van der Waals surface area contributed by atoms with Gasteiger partial charge in [-0.15, -0.1) is 0 Å². The van der Waals surface area contributed by atoms with Gasteiger partial charge in [-0.05, 0) is 50.4 Å². The molecule has 0 unspecified atom stereocenters. The zero-order valence-electron chi connectivity index (χ0n) is 16.7. The van der Waals surface area contributed by atoms with Crippen LogP contribution in [0.2, 0.25) is 5.02 Å². The second kappa shape index (κ2) is 11.1. The smallest absolute Gasteiger partial charge is 0.243 e. The Bertz CT molecular complexity index is 627. The monoisotopic (exact) mass is 393 g/mol. The molecule has 1 amide bonds. The van der Waals surface area contributed by atoms with E-state index in [1.165, 1.54) is 5.56 Å². The van der Waals surface area contributed by atoms with Gasteiger partial charge in [0, 0.05) is 38.8 Å². The fourth-order valence-corrected chi connectivity index (χ4v) is 3.28. The number of amides is 1. The van der Waals surface area contributed by atoms with Crippen molar-refractivity contribution in [2.75, 3.05) is 46.8 Å². The number of likely N-dealkylation sites (N-methyl/N-ethyl adjacent to an activating group) is 1. The van der Waals surface area contributed by atoms with E-state index in [1.807, 2.05) is 25.1 Å². The molecule has 0 bridgehead atoms. The van der Waals surface area contributed by atoms with Crippen LogP contribution >= 0.6 is 11.6 Å². The molecule has 2 N–H and O–H groups in total. The number of nitrogens with one attached hydrogen (secondary N) is 2. The first-order valence-electron chi connectivity index (χ1n) is 9.67. The number of benzene rings is 1. The maximum Gasteiger partial charge on any atom is 0.243 e. The van der Waals surface area contributed by atoms with Crippen molar-refractivity contribution in [2.24, 2.45) is 10.9 Å². The number of halogens is 1. The van der Waals surface area contributed by atoms with Crippen LogP contribution in [-0.4, -0.2) is 68.5 Å². The number of carbonyl (C=O) groups is 1. The summed E-state index contributed by atoms with van der Waals surface area (Å²) in [6, 6.07) is 8.07. The van der Waals surface area contributed by atoms with Crippen LogP contribution in [0.25, 0.3) is 0 Å². The second-order valence-electron chi connectivity index (χ2n) is 7.18. The topological polar surface area (TPSA) is 60.0 Å². The van der Waals surface area contributed by atoms with Gasteiger partial charge in [0.1, 0.15) is 6.54 Å². The van der Waals surface area contributed by atoms with Crippen LogP contribution in [0.1, 0.15) is 25.3 Å². The average molecular weight is 394 g/mol. The van der Waals surface area contributed by atoms with E-state index in [0.717, 1.165) is 50.6 Å². The normalized spacial score (nSPS) is 16.2. The predicted molar refractivity (Wildman–Crippen MR) is 112 cm³/mol. The predicted octanol–water partition coefficient (Wildman–Crippen LogP) is 2.20. The molecule has 7 heteroatoms. The van der Waals surface area contributed by atoms with Crippen molar-refractivity contribution in [3.05, 3.63) is 34.9 Å². The molecule has 1 aromatic carbocycles. The van der Waals surface area contributed by atoms with Gasteiger partial charge in [0.25, 0.3) is 0 Å². The van der Waals surface area contributed by atoms with Crippen LogP contribution in [0, 0.1) is 5.92 Å². The molecule has 0 saturated carbocycles. The molecule has 1 fully saturated rings. The number of piperidine rings is 1. The van der Waals surface area contributed by atoms with Crippen LogP contribution < -0.4 is 10.6 Å². The van der Waals surface area contributed by atoms with Gasteiger partial charge in [-0.1, -0.05) is 29.8 Å². The fraction of sp³-hybridized carbons (Fsp3) is 0.600. The van der Waals surface area contributed by atoms with Gasteiger partial charge >= 0.3 is 0 Å². The summed E-state index contributed by atoms with van der Waals surface area (Å²) in [4.78, 5) is 20.1. The Labute approximate surface area is 168 Å². The van der Waals surface area contributed by atoms with Crippen LogP contribution in [0.15, 0.2) is 29.3 Å². The van der Waals surface area contributed by atoms with E-state index >= 15 is 0 Å². The van der Waals surface area contributed by atoms with Crippen LogP contribution in [-0.2, 0) is 11.3 Å². The fourth-order valence-electron chi connectivity index (χ4n) is 3.09. The van der Waals surface area contributed by atoms with Gasteiger partial charge in [0.05, 0.1) is 0 Å². The third kappa shape index (κ3) is 7.39. The third-order valence-electron chi connectivity index (χ3n) is 4.83. The maximum absolute atomic E-state index is 11.7. The molecule has 0 spiro atoms. The number of rotatable bonds is 7. The molecule has 1 aliphatic heterocycles. The molecule has 0 aromatic heterocycles. The SMILES string of the molecule is CCNC(=NCC(=O)N(C)C)NCC1CCN(Cc2ccccc2Cl)CC1. The third-order valence-corrected chi connectivity index (χ3v) is 5.20. The van der Waals surface area contributed by atoms with Crippen molar-refractivity contribution in [2.45, 2.75) is 26.3 Å². The molecule has 0 aliphatic carbocycles. The lowest BCUT2D eigenvalue weighted by molar-refractivity contribution is -0.127. The first-order chi connectivity index (χ1) is 13.0. The lowest BCUT2D eigenvalue weighted by Gasteiger charge is -2.32. The minimum atomic E-state index is 0.0000778. The van der Waals surface area contributed by atoms with E-state index in [4.69, 9.17) is 11.6 Å². The Morgan fingerprint density at radius 3 is 2.59 bits per heavy atom. The highest BCUT2D eigenvalue weighted by Crippen LogP contribution is 2.21. The summed E-state index contributed by atoms with van der Waals surface area (Å²) in [6.45, 7) is 6.91. The Kier molecular flexibility index (Phi) is 8.88. The van der Waals surface area contributed by atoms with E-state index in [-0.39, 0.29) is 12.5 Å². The molecule has 27 heavy (non-hydrogen) atoms. The molecule has 1 aliphatic rings. The number of hydrogen-bond acceptors (Lipinski definition) is 3. The van der Waals surface area contributed by atoms with Crippen molar-refractivity contribution >= 4 is 23.5 Å². The summed E-state index contributed by atoms with van der Waals surface area (Å²) in [5, 5.41) is 7.44. The van der Waals surface area contributed by atoms with E-state index in [0.29, 0.717) is 11.9 Å². The first-order valence-corrected chi connectivity index (χ1v) is 10.1. The van der Waals surface area contributed by atoms with Crippen LogP contribution in [0.4, 0.5) is 0 Å². The number of carbonyl (C=O) groups excluding carboxylic acids is 1. The average Bonchev–Trinajstić information content (AvgIpc) is 2.66. The number of nitrogens with zero attached hydrogens (tertiary/aromatic N) is 3. The van der Waals surface area contributed by atoms with Gasteiger partial charge in [-0.3, -0.25) is 9.69 Å². The van der Waals surface area contributed by atoms with Crippen molar-refractivity contribution in [1.82, 2.24) is 20.4 Å². The Morgan fingerprint density at radius 2 is 1.96 bits per heavy atom. The molecule has 1 saturated heterocycles. The maximum atomic E-state index is 11.7. The molecular formula is C20H32ClN5O. The lowest BCUT2D eigenvalue weighted by atomic mass is 9.96. The molecule has 2 rings (SSSR count). The Balaban J connectivity index is 1.76. The highest BCUT2D eigenvalue weighted by molar-refractivity contribution is 6.31. The van der Waals surface area contributed by atoms with Gasteiger partial charge in [0.15, 0.2) is 5.96 Å². The molecule has 1 aromatic rings. The summed E-state index contributed by atoms with van der Waals surface area (Å²) >= 11 is 6.27. The highest BCUT2D eigenvalue weighted by atomic mass is 35.5. The summed E-state index contributed by atoms with van der Waals surface area (Å²) < 4.78 is 0. The number of hydrogen-bond donors (Lipinski definition) is 2. The molecule has 1 heterocycles. The minimum Gasteiger partial charge on any atom is -0.357 e. The summed E-state index contributed by atoms with van der Waals surface area (Å²) in [5.74, 6) is 1.33. The lowest BCUT2D eigenvalue weighted by Crippen LogP contribution is -2.43. The summed E-state index contributed by atoms with van der Waals surface area (Å²) in [7, 11) is 3.49. The number of guanidine groups is 1. The first kappa shape index (κ1) is 21.5. The largest absolute Gasteiger partial charge is 0.357 e. The molecule has 150 valence electrons. The van der Waals surface area contributed by atoms with Crippen molar-refractivity contribution in [3.63, 3.8) is 0 Å². The standard InChI is InChI=1S/C20H32ClN5O/c1-4-22-20(24-14-19(27)25(2)3)23-13-16-9-11-26(12-10-16)15-17-7-5-6-8-18(17)21/h5-8,16H,4,9-15H2,1-3H3,(H2,22,23,24). The van der Waals surface area contributed by atoms with E-state index in [2.05, 4.69) is 26.6 Å². The molecule has 0 atom stereocenters. The Morgan fingerprint density at radius 1 is 1.26 bits per heavy atom. The van der Waals surface area contributed by atoms with Gasteiger partial charge < -0.3 is 15.5 Å². The van der Waals surface area contributed by atoms with Gasteiger partial charge in [0.2, 0.25) is 5.91 Å². The summed E-state index contributed by atoms with van der Waals surface area (Å²) in [5.41, 5.74) is 1.20. The van der Waals surface area contributed by atoms with Crippen molar-refractivity contribution in [3.8, 4) is 0 Å². The second-order valence-corrected chi connectivity index (χ2v) is 7.58. The summed E-state index contributed by atoms with van der Waals surface area (Å²) in [6.07, 6.45) is 2.29. The van der Waals surface area contributed by atoms with E-state index in [1.54, 1.807) is 19.0 Å². The van der Waals surface area contributed by atoms with Gasteiger partial charge in [-0.25, -0.2) is 4.99 Å². The molecular weight excluding hydrogens is 362 g/mol. The number of likely N-dealkylation sites (tertiary alicyclic amines) is 1. The van der Waals surface area contributed by atoms with E-state index in [9.17, 15) is 4.79 Å².